The lowest BCUT2D eigenvalue weighted by atomic mass is 9.73. The maximum absolute atomic E-state index is 6.52. The number of furan rings is 1. The summed E-state index contributed by atoms with van der Waals surface area (Å²) in [5.74, 6) is 2.10. The molecule has 3 atom stereocenters. The highest BCUT2D eigenvalue weighted by molar-refractivity contribution is 6.11. The molecule has 0 spiro atoms. The molecule has 0 N–H and O–H groups in total. The summed E-state index contributed by atoms with van der Waals surface area (Å²) in [5, 5.41) is 3.74. The third-order valence-corrected chi connectivity index (χ3v) is 10.4. The second-order valence-corrected chi connectivity index (χ2v) is 13.1. The third-order valence-electron chi connectivity index (χ3n) is 10.4. The average Bonchev–Trinajstić information content (AvgIpc) is 3.77. The predicted molar refractivity (Wildman–Crippen MR) is 188 cm³/mol. The Balaban J connectivity index is 1.06. The summed E-state index contributed by atoms with van der Waals surface area (Å²) in [7, 11) is 0. The Morgan fingerprint density at radius 3 is 2.43 bits per heavy atom. The van der Waals surface area contributed by atoms with Crippen LogP contribution in [-0.4, -0.2) is 10.7 Å². The molecule has 46 heavy (non-hydrogen) atoms. The minimum Gasteiger partial charge on any atom is -0.485 e. The minimum atomic E-state index is -0.146. The van der Waals surface area contributed by atoms with Crippen LogP contribution in [0.15, 0.2) is 144 Å². The summed E-state index contributed by atoms with van der Waals surface area (Å²) in [6, 6.07) is 41.4. The predicted octanol–water partition coefficient (Wildman–Crippen LogP) is 10.7. The fraction of sp³-hybridized carbons (Fsp3) is 0.116. The van der Waals surface area contributed by atoms with E-state index in [1.54, 1.807) is 0 Å². The van der Waals surface area contributed by atoms with Crippen molar-refractivity contribution in [2.24, 2.45) is 0 Å². The molecule has 1 aliphatic heterocycles. The fourth-order valence-electron chi connectivity index (χ4n) is 7.97. The van der Waals surface area contributed by atoms with Gasteiger partial charge in [-0.3, -0.25) is 0 Å². The van der Waals surface area contributed by atoms with Gasteiger partial charge in [0, 0.05) is 44.3 Å². The summed E-state index contributed by atoms with van der Waals surface area (Å²) in [6.45, 7) is 2.34. The summed E-state index contributed by atoms with van der Waals surface area (Å²) in [4.78, 5) is 0. The summed E-state index contributed by atoms with van der Waals surface area (Å²) in [6.07, 6.45) is 12.3. The van der Waals surface area contributed by atoms with Gasteiger partial charge in [-0.25, -0.2) is 0 Å². The van der Waals surface area contributed by atoms with Gasteiger partial charge in [0.2, 0.25) is 0 Å². The first-order valence-electron chi connectivity index (χ1n) is 16.1. The Hall–Kier alpha value is -5.54. The molecule has 2 aliphatic carbocycles. The Morgan fingerprint density at radius 1 is 0.717 bits per heavy atom. The highest BCUT2D eigenvalue weighted by Gasteiger charge is 2.37. The molecule has 5 aromatic carbocycles. The SMILES string of the molecule is CC1(c2ccc3c(c2)C2C=C(n4c5ccccc5c5cc(-c6ccccc6)ccc54)C=CC2O3)C=Cc2oc3ccccc3c2C1. The number of para-hydroxylation sites is 2. The number of rotatable bonds is 3. The van der Waals surface area contributed by atoms with Gasteiger partial charge >= 0.3 is 0 Å². The lowest BCUT2D eigenvalue weighted by Crippen LogP contribution is -2.25. The van der Waals surface area contributed by atoms with E-state index in [0.29, 0.717) is 0 Å². The van der Waals surface area contributed by atoms with E-state index >= 15 is 0 Å². The minimum absolute atomic E-state index is 0.00843. The van der Waals surface area contributed by atoms with Crippen LogP contribution in [0.5, 0.6) is 5.75 Å². The zero-order valence-electron chi connectivity index (χ0n) is 25.5. The van der Waals surface area contributed by atoms with Gasteiger partial charge in [-0.1, -0.05) is 97.9 Å². The first-order chi connectivity index (χ1) is 22.6. The molecule has 3 aliphatic rings. The highest BCUT2D eigenvalue weighted by atomic mass is 16.5. The lowest BCUT2D eigenvalue weighted by molar-refractivity contribution is 0.269. The fourth-order valence-corrected chi connectivity index (χ4v) is 7.97. The van der Waals surface area contributed by atoms with Gasteiger partial charge in [-0.05, 0) is 77.7 Å². The number of hydrogen-bond donors (Lipinski definition) is 0. The normalized spacial score (nSPS) is 21.3. The van der Waals surface area contributed by atoms with E-state index in [2.05, 4.69) is 151 Å². The molecule has 3 heteroatoms. The molecule has 3 unspecified atom stereocenters. The van der Waals surface area contributed by atoms with E-state index < -0.39 is 0 Å². The van der Waals surface area contributed by atoms with Crippen LogP contribution in [0.2, 0.25) is 0 Å². The Kier molecular flexibility index (Phi) is 5.31. The molecule has 2 aromatic heterocycles. The average molecular weight is 594 g/mol. The van der Waals surface area contributed by atoms with Crippen molar-refractivity contribution in [3.63, 3.8) is 0 Å². The standard InChI is InChI=1S/C43H31NO2/c1-43(22-21-42-36(26-43)32-12-6-8-14-39(32)45-42)29-16-19-40-34(24-29)35-25-30(17-20-41(35)46-40)44-37-13-7-5-11-31(37)33-23-28(15-18-38(33)44)27-9-3-2-4-10-27/h2-25,35,41H,26H2,1H3. The number of ether oxygens (including phenoxy) is 1. The molecule has 0 radical (unpaired) electrons. The van der Waals surface area contributed by atoms with E-state index in [4.69, 9.17) is 9.15 Å². The molecule has 10 rings (SSSR count). The van der Waals surface area contributed by atoms with Crippen molar-refractivity contribution in [2.75, 3.05) is 0 Å². The van der Waals surface area contributed by atoms with Gasteiger partial charge < -0.3 is 13.7 Å². The molecule has 220 valence electrons. The van der Waals surface area contributed by atoms with Gasteiger partial charge in [0.25, 0.3) is 0 Å². The molecule has 0 saturated heterocycles. The van der Waals surface area contributed by atoms with Crippen LogP contribution in [0, 0.1) is 0 Å². The number of allylic oxidation sites excluding steroid dienone is 3. The zero-order chi connectivity index (χ0) is 30.4. The molecular weight excluding hydrogens is 562 g/mol. The molecule has 0 bridgehead atoms. The number of benzene rings is 5. The monoisotopic (exact) mass is 593 g/mol. The highest BCUT2D eigenvalue weighted by Crippen LogP contribution is 2.47. The smallest absolute Gasteiger partial charge is 0.135 e. The number of nitrogens with zero attached hydrogens (tertiary/aromatic N) is 1. The van der Waals surface area contributed by atoms with Crippen LogP contribution in [-0.2, 0) is 11.8 Å². The van der Waals surface area contributed by atoms with Gasteiger partial charge in [0.1, 0.15) is 23.2 Å². The van der Waals surface area contributed by atoms with Gasteiger partial charge in [0.15, 0.2) is 0 Å². The Bertz CT molecular complexity index is 2450. The summed E-state index contributed by atoms with van der Waals surface area (Å²) >= 11 is 0. The van der Waals surface area contributed by atoms with E-state index in [0.717, 1.165) is 23.5 Å². The van der Waals surface area contributed by atoms with Crippen molar-refractivity contribution >= 4 is 44.5 Å². The third kappa shape index (κ3) is 3.72. The molecule has 3 nitrogen and oxygen atoms in total. The molecule has 0 amide bonds. The van der Waals surface area contributed by atoms with Crippen LogP contribution in [0.1, 0.15) is 35.3 Å². The maximum Gasteiger partial charge on any atom is 0.135 e. The van der Waals surface area contributed by atoms with Crippen LogP contribution in [0.4, 0.5) is 0 Å². The molecule has 7 aromatic rings. The first kappa shape index (κ1) is 25.8. The molecule has 0 fully saturated rings. The molecular formula is C43H31NO2. The lowest BCUT2D eigenvalue weighted by Gasteiger charge is -2.30. The van der Waals surface area contributed by atoms with Gasteiger partial charge in [-0.15, -0.1) is 0 Å². The van der Waals surface area contributed by atoms with Crippen LogP contribution < -0.4 is 4.74 Å². The van der Waals surface area contributed by atoms with E-state index in [1.165, 1.54) is 60.7 Å². The summed E-state index contributed by atoms with van der Waals surface area (Å²) in [5.41, 5.74) is 10.7. The second-order valence-electron chi connectivity index (χ2n) is 13.1. The van der Waals surface area contributed by atoms with Gasteiger partial charge in [0.05, 0.1) is 11.0 Å². The first-order valence-corrected chi connectivity index (χ1v) is 16.1. The van der Waals surface area contributed by atoms with Crippen molar-refractivity contribution in [1.29, 1.82) is 0 Å². The van der Waals surface area contributed by atoms with Gasteiger partial charge in [-0.2, -0.15) is 0 Å². The zero-order valence-corrected chi connectivity index (χ0v) is 25.5. The Morgan fingerprint density at radius 2 is 1.52 bits per heavy atom. The van der Waals surface area contributed by atoms with Crippen molar-refractivity contribution in [3.8, 4) is 16.9 Å². The van der Waals surface area contributed by atoms with E-state index in [1.807, 2.05) is 6.07 Å². The van der Waals surface area contributed by atoms with Crippen LogP contribution in [0.3, 0.4) is 0 Å². The van der Waals surface area contributed by atoms with Crippen molar-refractivity contribution in [2.45, 2.75) is 30.8 Å². The van der Waals surface area contributed by atoms with Crippen LogP contribution >= 0.6 is 0 Å². The van der Waals surface area contributed by atoms with E-state index in [-0.39, 0.29) is 17.4 Å². The van der Waals surface area contributed by atoms with Crippen LogP contribution in [0.25, 0.3) is 55.7 Å². The number of hydrogen-bond acceptors (Lipinski definition) is 2. The van der Waals surface area contributed by atoms with Crippen molar-refractivity contribution < 1.29 is 9.15 Å². The second kappa shape index (κ2) is 9.48. The molecule has 3 heterocycles. The summed E-state index contributed by atoms with van der Waals surface area (Å²) < 4.78 is 15.1. The van der Waals surface area contributed by atoms with E-state index in [9.17, 15) is 0 Å². The van der Waals surface area contributed by atoms with Crippen molar-refractivity contribution in [3.05, 3.63) is 162 Å². The topological polar surface area (TPSA) is 27.3 Å². The Labute approximate surface area is 267 Å². The maximum atomic E-state index is 6.52. The largest absolute Gasteiger partial charge is 0.485 e. The number of fused-ring (bicyclic) bond motifs is 9. The quantitative estimate of drug-likeness (QED) is 0.204. The molecule has 0 saturated carbocycles. The number of aromatic nitrogens is 1. The van der Waals surface area contributed by atoms with Crippen molar-refractivity contribution in [1.82, 2.24) is 4.57 Å².